The second-order valence-electron chi connectivity index (χ2n) is 14.8. The van der Waals surface area contributed by atoms with E-state index in [-0.39, 0.29) is 34.5 Å². The van der Waals surface area contributed by atoms with Gasteiger partial charge in [0.2, 0.25) is 0 Å². The van der Waals surface area contributed by atoms with Gasteiger partial charge in [-0.25, -0.2) is 4.21 Å². The van der Waals surface area contributed by atoms with Crippen molar-refractivity contribution in [2.75, 3.05) is 38.3 Å². The fraction of sp³-hybridized carbons (Fsp3) is 0.500. The Morgan fingerprint density at radius 3 is 2.73 bits per heavy atom. The lowest BCUT2D eigenvalue weighted by Gasteiger charge is -2.46. The number of benzene rings is 2. The number of aryl methyl sites for hydroxylation is 2. The second-order valence-corrected chi connectivity index (χ2v) is 17.2. The molecular weight excluding hydrogens is 690 g/mol. The molecular formula is C38H46ClN5O6S. The van der Waals surface area contributed by atoms with Gasteiger partial charge in [-0.2, -0.15) is 5.10 Å². The summed E-state index contributed by atoms with van der Waals surface area (Å²) in [5.41, 5.74) is 2.28. The molecule has 3 heterocycles. The number of carbonyl (C=O) groups excluding carboxylic acids is 2. The van der Waals surface area contributed by atoms with E-state index in [0.717, 1.165) is 42.8 Å². The third kappa shape index (κ3) is 6.71. The van der Waals surface area contributed by atoms with Crippen LogP contribution in [0.25, 0.3) is 0 Å². The Morgan fingerprint density at radius 1 is 1.18 bits per heavy atom. The summed E-state index contributed by atoms with van der Waals surface area (Å²) in [6.07, 6.45) is 10.1. The summed E-state index contributed by atoms with van der Waals surface area (Å²) < 4.78 is 42.2. The van der Waals surface area contributed by atoms with Gasteiger partial charge in [0.25, 0.3) is 11.8 Å². The van der Waals surface area contributed by atoms with Crippen molar-refractivity contribution in [1.82, 2.24) is 14.5 Å². The van der Waals surface area contributed by atoms with Crippen LogP contribution in [0.1, 0.15) is 66.7 Å². The van der Waals surface area contributed by atoms with Crippen LogP contribution in [0.4, 0.5) is 5.69 Å². The number of aromatic nitrogens is 2. The minimum atomic E-state index is -3.89. The lowest BCUT2D eigenvalue weighted by atomic mass is 9.68. The SMILES string of the molecule is CO[C@@H]1/C=C/COC(C)(C)C(=O)N=S(=O)(NC(=O)c2cnn(C)c2C)c2ccc3c(c2)N(C[C@@H]2CC[C@H]21)C[C@@]1(CCCc2cc(Cl)ccc21)CO3. The number of hydrogen-bond acceptors (Lipinski definition) is 8. The molecule has 7 rings (SSSR count). The number of anilines is 1. The van der Waals surface area contributed by atoms with E-state index in [9.17, 15) is 9.59 Å². The maximum atomic E-state index is 15.1. The molecule has 1 N–H and O–H groups in total. The maximum absolute atomic E-state index is 15.1. The highest BCUT2D eigenvalue weighted by molar-refractivity contribution is 7.92. The molecule has 4 aliphatic rings. The van der Waals surface area contributed by atoms with E-state index in [0.29, 0.717) is 37.1 Å². The molecule has 0 radical (unpaired) electrons. The van der Waals surface area contributed by atoms with Crippen LogP contribution in [0.5, 0.6) is 5.75 Å². The molecule has 2 bridgehead atoms. The lowest BCUT2D eigenvalue weighted by molar-refractivity contribution is -0.137. The molecule has 11 nitrogen and oxygen atoms in total. The fourth-order valence-electron chi connectivity index (χ4n) is 7.97. The molecule has 13 heteroatoms. The Kier molecular flexibility index (Phi) is 9.58. The summed E-state index contributed by atoms with van der Waals surface area (Å²) in [6.45, 7) is 6.87. The van der Waals surface area contributed by atoms with Crippen LogP contribution in [0.3, 0.4) is 0 Å². The molecule has 2 aliphatic carbocycles. The van der Waals surface area contributed by atoms with Gasteiger partial charge in [0, 0.05) is 43.4 Å². The largest absolute Gasteiger partial charge is 0.490 e. The number of methoxy groups -OCH3 is 1. The van der Waals surface area contributed by atoms with Gasteiger partial charge in [-0.3, -0.25) is 19.0 Å². The number of nitrogens with zero attached hydrogens (tertiary/aromatic N) is 4. The summed E-state index contributed by atoms with van der Waals surface area (Å²) >= 11 is 6.47. The minimum absolute atomic E-state index is 0.117. The number of fused-ring (bicyclic) bond motifs is 4. The van der Waals surface area contributed by atoms with Crippen LogP contribution in [-0.2, 0) is 43.1 Å². The van der Waals surface area contributed by atoms with Crippen LogP contribution >= 0.6 is 11.6 Å². The molecule has 1 aromatic heterocycles. The normalized spacial score (nSPS) is 29.4. The number of rotatable bonds is 3. The summed E-state index contributed by atoms with van der Waals surface area (Å²) in [5, 5.41) is 4.90. The summed E-state index contributed by atoms with van der Waals surface area (Å²) in [7, 11) is -0.443. The van der Waals surface area contributed by atoms with E-state index in [2.05, 4.69) is 31.2 Å². The smallest absolute Gasteiger partial charge is 0.287 e. The molecule has 0 saturated heterocycles. The average Bonchev–Trinajstić information content (AvgIpc) is 3.34. The molecule has 2 aliphatic heterocycles. The van der Waals surface area contributed by atoms with E-state index < -0.39 is 27.3 Å². The Morgan fingerprint density at radius 2 is 2.00 bits per heavy atom. The highest BCUT2D eigenvalue weighted by atomic mass is 35.5. The first-order chi connectivity index (χ1) is 24.3. The van der Waals surface area contributed by atoms with Crippen molar-refractivity contribution in [3.05, 3.63) is 82.2 Å². The molecule has 1 spiro atoms. The van der Waals surface area contributed by atoms with Crippen LogP contribution in [-0.4, -0.2) is 70.9 Å². The number of carbonyl (C=O) groups is 2. The zero-order chi connectivity index (χ0) is 36.1. The zero-order valence-electron chi connectivity index (χ0n) is 29.8. The lowest BCUT2D eigenvalue weighted by Crippen LogP contribution is -2.49. The molecule has 1 fully saturated rings. The first kappa shape index (κ1) is 35.7. The molecule has 2 amide bonds. The van der Waals surface area contributed by atoms with Crippen molar-refractivity contribution < 1.29 is 28.0 Å². The molecule has 1 unspecified atom stereocenters. The predicted octanol–water partition coefficient (Wildman–Crippen LogP) is 5.96. The first-order valence-corrected chi connectivity index (χ1v) is 19.5. The first-order valence-electron chi connectivity index (χ1n) is 17.6. The Balaban J connectivity index is 1.38. The van der Waals surface area contributed by atoms with Gasteiger partial charge in [0.1, 0.15) is 11.4 Å². The monoisotopic (exact) mass is 735 g/mol. The standard InChI is InChI=1S/C38H46ClN5O6S/c1-24-30(20-40-43(24)4)35(45)41-51(47)28-12-15-34-32(19-28)44(22-38(23-49-34)16-6-8-25-18-27(39)11-14-31(25)38)21-26-10-13-29(26)33(48-5)9-7-17-50-37(2,3)36(46)42-51/h7,9,11-12,14-15,18-20,26,29,33H,6,8,10,13,16-17,21-23H2,1-5H3,(H,41,42,45,46,47)/b9-7+/t26-,29+,33+,38-,51?/m0/s1. The Hall–Kier alpha value is -3.71. The fourth-order valence-corrected chi connectivity index (χ4v) is 9.77. The third-order valence-corrected chi connectivity index (χ3v) is 13.3. The molecule has 3 aromatic rings. The van der Waals surface area contributed by atoms with Gasteiger partial charge < -0.3 is 19.1 Å². The number of nitrogens with one attached hydrogen (secondary N) is 1. The molecule has 1 saturated carbocycles. The van der Waals surface area contributed by atoms with Gasteiger partial charge in [-0.1, -0.05) is 29.8 Å². The Labute approximate surface area is 305 Å². The van der Waals surface area contributed by atoms with Crippen LogP contribution < -0.4 is 14.4 Å². The zero-order valence-corrected chi connectivity index (χ0v) is 31.4. The predicted molar refractivity (Wildman–Crippen MR) is 196 cm³/mol. The van der Waals surface area contributed by atoms with Crippen LogP contribution in [0, 0.1) is 18.8 Å². The maximum Gasteiger partial charge on any atom is 0.287 e. The molecule has 51 heavy (non-hydrogen) atoms. The van der Waals surface area contributed by atoms with E-state index >= 15 is 4.21 Å². The molecule has 2 aromatic carbocycles. The topological polar surface area (TPSA) is 124 Å². The second kappa shape index (κ2) is 13.7. The third-order valence-electron chi connectivity index (χ3n) is 11.3. The van der Waals surface area contributed by atoms with Crippen molar-refractivity contribution in [1.29, 1.82) is 0 Å². The summed E-state index contributed by atoms with van der Waals surface area (Å²) in [4.78, 5) is 30.1. The van der Waals surface area contributed by atoms with Crippen molar-refractivity contribution in [3.8, 4) is 5.75 Å². The highest BCUT2D eigenvalue weighted by Gasteiger charge is 2.45. The van der Waals surface area contributed by atoms with Crippen molar-refractivity contribution in [3.63, 3.8) is 0 Å². The van der Waals surface area contributed by atoms with Crippen molar-refractivity contribution >= 4 is 39.0 Å². The van der Waals surface area contributed by atoms with E-state index in [4.69, 9.17) is 25.8 Å². The van der Waals surface area contributed by atoms with E-state index in [1.54, 1.807) is 57.8 Å². The van der Waals surface area contributed by atoms with Gasteiger partial charge >= 0.3 is 0 Å². The number of hydrogen-bond donors (Lipinski definition) is 1. The molecule has 5 atom stereocenters. The summed E-state index contributed by atoms with van der Waals surface area (Å²) in [5.74, 6) is -0.186. The van der Waals surface area contributed by atoms with E-state index in [1.165, 1.54) is 17.3 Å². The average molecular weight is 736 g/mol. The number of halogens is 1. The van der Waals surface area contributed by atoms with E-state index in [1.807, 2.05) is 18.2 Å². The van der Waals surface area contributed by atoms with Crippen molar-refractivity contribution in [2.24, 2.45) is 23.2 Å². The molecule has 272 valence electrons. The minimum Gasteiger partial charge on any atom is -0.490 e. The van der Waals surface area contributed by atoms with Crippen LogP contribution in [0.2, 0.25) is 5.02 Å². The Bertz CT molecular complexity index is 2020. The van der Waals surface area contributed by atoms with Crippen LogP contribution in [0.15, 0.2) is 64.0 Å². The van der Waals surface area contributed by atoms with Gasteiger partial charge in [0.05, 0.1) is 41.7 Å². The van der Waals surface area contributed by atoms with Gasteiger partial charge in [-0.15, -0.1) is 4.36 Å². The number of ether oxygens (including phenoxy) is 3. The number of amides is 2. The highest BCUT2D eigenvalue weighted by Crippen LogP contribution is 2.47. The van der Waals surface area contributed by atoms with Gasteiger partial charge in [0.15, 0.2) is 9.92 Å². The quantitative estimate of drug-likeness (QED) is 0.327. The van der Waals surface area contributed by atoms with Gasteiger partial charge in [-0.05, 0) is 106 Å². The summed E-state index contributed by atoms with van der Waals surface area (Å²) in [6, 6.07) is 11.4. The van der Waals surface area contributed by atoms with Crippen molar-refractivity contribution in [2.45, 2.75) is 74.9 Å².